The number of aromatic nitrogens is 3. The second-order valence-electron chi connectivity index (χ2n) is 13.3. The molecule has 0 unspecified atom stereocenters. The Hall–Kier alpha value is -7.35. The van der Waals surface area contributed by atoms with Gasteiger partial charge in [-0.05, 0) is 86.9 Å². The van der Waals surface area contributed by atoms with Crippen LogP contribution < -0.4 is 0 Å². The van der Waals surface area contributed by atoms with Gasteiger partial charge < -0.3 is 0 Å². The van der Waals surface area contributed by atoms with Gasteiger partial charge in [0.25, 0.3) is 0 Å². The first kappa shape index (κ1) is 30.5. The summed E-state index contributed by atoms with van der Waals surface area (Å²) in [4.78, 5) is 10.7. The molecule has 0 fully saturated rings. The first-order chi connectivity index (χ1) is 26.2. The minimum atomic E-state index is 0.666. The normalized spacial score (nSPS) is 11.4. The van der Waals surface area contributed by atoms with Gasteiger partial charge in [-0.2, -0.15) is 5.26 Å². The molecular formula is C49H30N4. The zero-order valence-electron chi connectivity index (χ0n) is 28.6. The zero-order chi connectivity index (χ0) is 35.3. The summed E-state index contributed by atoms with van der Waals surface area (Å²) in [5, 5.41) is 14.8. The predicted octanol–water partition coefficient (Wildman–Crippen LogP) is 12.4. The third kappa shape index (κ3) is 5.23. The molecule has 4 nitrogen and oxygen atoms in total. The fourth-order valence-electron chi connectivity index (χ4n) is 7.57. The van der Waals surface area contributed by atoms with Gasteiger partial charge in [-0.3, -0.25) is 4.57 Å². The predicted molar refractivity (Wildman–Crippen MR) is 218 cm³/mol. The van der Waals surface area contributed by atoms with Gasteiger partial charge in [0.15, 0.2) is 0 Å². The number of fused-ring (bicyclic) bond motifs is 6. The Morgan fingerprint density at radius 2 is 1.04 bits per heavy atom. The number of hydrogen-bond donors (Lipinski definition) is 0. The van der Waals surface area contributed by atoms with Gasteiger partial charge in [-0.15, -0.1) is 0 Å². The van der Waals surface area contributed by atoms with Gasteiger partial charge in [0.05, 0.1) is 33.9 Å². The van der Waals surface area contributed by atoms with E-state index in [4.69, 9.17) is 9.97 Å². The third-order valence-electron chi connectivity index (χ3n) is 10.2. The average Bonchev–Trinajstić information content (AvgIpc) is 3.64. The van der Waals surface area contributed by atoms with E-state index in [2.05, 4.69) is 156 Å². The van der Waals surface area contributed by atoms with Crippen molar-refractivity contribution in [1.82, 2.24) is 14.5 Å². The number of pyridine rings is 1. The highest BCUT2D eigenvalue weighted by Crippen LogP contribution is 2.40. The summed E-state index contributed by atoms with van der Waals surface area (Å²) in [6.07, 6.45) is 0. The highest BCUT2D eigenvalue weighted by molar-refractivity contribution is 6.20. The Kier molecular flexibility index (Phi) is 7.16. The second kappa shape index (κ2) is 12.5. The van der Waals surface area contributed by atoms with Crippen molar-refractivity contribution in [3.05, 3.63) is 188 Å². The summed E-state index contributed by atoms with van der Waals surface area (Å²) < 4.78 is 2.26. The maximum Gasteiger partial charge on any atom is 0.145 e. The molecule has 8 aromatic carbocycles. The fourth-order valence-corrected chi connectivity index (χ4v) is 7.57. The van der Waals surface area contributed by atoms with Crippen molar-refractivity contribution in [2.75, 3.05) is 0 Å². The zero-order valence-corrected chi connectivity index (χ0v) is 28.6. The van der Waals surface area contributed by atoms with E-state index < -0.39 is 0 Å². The summed E-state index contributed by atoms with van der Waals surface area (Å²) in [7, 11) is 0. The quantitative estimate of drug-likeness (QED) is 0.171. The minimum Gasteiger partial charge on any atom is -0.292 e. The van der Waals surface area contributed by atoms with Gasteiger partial charge in [-0.1, -0.05) is 133 Å². The van der Waals surface area contributed by atoms with Crippen molar-refractivity contribution in [3.8, 4) is 56.7 Å². The van der Waals surface area contributed by atoms with E-state index in [1.807, 2.05) is 36.4 Å². The van der Waals surface area contributed by atoms with Crippen LogP contribution in [0.15, 0.2) is 182 Å². The van der Waals surface area contributed by atoms with Crippen molar-refractivity contribution in [2.45, 2.75) is 0 Å². The summed E-state index contributed by atoms with van der Waals surface area (Å²) in [5.41, 5.74) is 12.2. The minimum absolute atomic E-state index is 0.666. The number of benzene rings is 8. The Morgan fingerprint density at radius 1 is 0.453 bits per heavy atom. The van der Waals surface area contributed by atoms with Gasteiger partial charge in [-0.25, -0.2) is 9.97 Å². The van der Waals surface area contributed by atoms with Crippen LogP contribution in [-0.4, -0.2) is 14.5 Å². The van der Waals surface area contributed by atoms with Gasteiger partial charge in [0.2, 0.25) is 0 Å². The lowest BCUT2D eigenvalue weighted by molar-refractivity contribution is 1.10. The van der Waals surface area contributed by atoms with Crippen LogP contribution in [-0.2, 0) is 0 Å². The average molecular weight is 675 g/mol. The van der Waals surface area contributed by atoms with Gasteiger partial charge in [0.1, 0.15) is 5.82 Å². The van der Waals surface area contributed by atoms with Crippen LogP contribution >= 0.6 is 0 Å². The second-order valence-corrected chi connectivity index (χ2v) is 13.3. The molecule has 0 N–H and O–H groups in total. The molecule has 0 saturated heterocycles. The Bertz CT molecular complexity index is 3030. The molecule has 10 rings (SSSR count). The highest BCUT2D eigenvalue weighted by atomic mass is 15.1. The van der Waals surface area contributed by atoms with E-state index in [0.717, 1.165) is 83.3 Å². The lowest BCUT2D eigenvalue weighted by Crippen LogP contribution is -1.97. The first-order valence-corrected chi connectivity index (χ1v) is 17.7. The maximum absolute atomic E-state index is 9.18. The molecule has 10 aromatic rings. The lowest BCUT2D eigenvalue weighted by Gasteiger charge is -2.13. The molecular weight excluding hydrogens is 645 g/mol. The van der Waals surface area contributed by atoms with Crippen LogP contribution in [0.4, 0.5) is 0 Å². The number of para-hydroxylation sites is 2. The molecule has 246 valence electrons. The van der Waals surface area contributed by atoms with E-state index in [1.54, 1.807) is 0 Å². The summed E-state index contributed by atoms with van der Waals surface area (Å²) in [5.74, 6) is 0.897. The summed E-state index contributed by atoms with van der Waals surface area (Å²) in [6.45, 7) is 0. The van der Waals surface area contributed by atoms with Crippen LogP contribution in [0.5, 0.6) is 0 Å². The smallest absolute Gasteiger partial charge is 0.145 e. The molecule has 0 amide bonds. The maximum atomic E-state index is 9.18. The first-order valence-electron chi connectivity index (χ1n) is 17.7. The molecule has 0 spiro atoms. The number of imidazole rings is 1. The topological polar surface area (TPSA) is 54.5 Å². The van der Waals surface area contributed by atoms with Crippen LogP contribution in [0.1, 0.15) is 5.56 Å². The van der Waals surface area contributed by atoms with Crippen molar-refractivity contribution in [1.29, 1.82) is 5.26 Å². The van der Waals surface area contributed by atoms with Crippen molar-refractivity contribution in [3.63, 3.8) is 0 Å². The number of rotatable bonds is 5. The van der Waals surface area contributed by atoms with E-state index in [0.29, 0.717) is 5.56 Å². The standard InChI is InChI=1S/C49H30N4/c50-31-32-15-17-33(18-16-32)37-23-25-40-30-38(24-26-39(40)29-37)34-19-21-35(22-20-34)47-46-43(42-13-7-8-14-44(42)51-47)27-28-45-48(46)52-49(36-9-3-1-4-10-36)53(45)41-11-5-2-6-12-41/h1-30H. The van der Waals surface area contributed by atoms with Gasteiger partial charge >= 0.3 is 0 Å². The molecule has 0 bridgehead atoms. The summed E-state index contributed by atoms with van der Waals surface area (Å²) in [6, 6.07) is 65.6. The Balaban J connectivity index is 1.11. The van der Waals surface area contributed by atoms with E-state index in [-0.39, 0.29) is 0 Å². The molecule has 0 aliphatic heterocycles. The molecule has 0 saturated carbocycles. The monoisotopic (exact) mass is 674 g/mol. The van der Waals surface area contributed by atoms with E-state index in [1.165, 1.54) is 10.8 Å². The van der Waals surface area contributed by atoms with Crippen molar-refractivity contribution < 1.29 is 0 Å². The fraction of sp³-hybridized carbons (Fsp3) is 0. The Labute approximate surface area is 306 Å². The number of nitriles is 1. The van der Waals surface area contributed by atoms with Crippen LogP contribution in [0, 0.1) is 11.3 Å². The molecule has 0 radical (unpaired) electrons. The molecule has 53 heavy (non-hydrogen) atoms. The SMILES string of the molecule is N#Cc1ccc(-c2ccc3cc(-c4ccc(-c5nc6ccccc6c6ccc7c(nc(-c8ccccc8)n7-c7ccccc7)c56)cc4)ccc3c2)cc1. The molecule has 0 aliphatic carbocycles. The van der Waals surface area contributed by atoms with Crippen LogP contribution in [0.25, 0.3) is 94.1 Å². The Morgan fingerprint density at radius 3 is 1.72 bits per heavy atom. The highest BCUT2D eigenvalue weighted by Gasteiger charge is 2.20. The molecule has 0 aliphatic rings. The molecule has 0 atom stereocenters. The van der Waals surface area contributed by atoms with E-state index in [9.17, 15) is 5.26 Å². The third-order valence-corrected chi connectivity index (χ3v) is 10.2. The molecule has 2 heterocycles. The molecule has 2 aromatic heterocycles. The van der Waals surface area contributed by atoms with Crippen LogP contribution in [0.2, 0.25) is 0 Å². The van der Waals surface area contributed by atoms with Crippen molar-refractivity contribution >= 4 is 43.5 Å². The van der Waals surface area contributed by atoms with Crippen LogP contribution in [0.3, 0.4) is 0 Å². The number of hydrogen-bond acceptors (Lipinski definition) is 3. The summed E-state index contributed by atoms with van der Waals surface area (Å²) >= 11 is 0. The van der Waals surface area contributed by atoms with Gasteiger partial charge in [0, 0.05) is 27.6 Å². The van der Waals surface area contributed by atoms with E-state index >= 15 is 0 Å². The lowest BCUT2D eigenvalue weighted by atomic mass is 9.95. The van der Waals surface area contributed by atoms with Crippen molar-refractivity contribution in [2.24, 2.45) is 0 Å². The number of nitrogens with zero attached hydrogens (tertiary/aromatic N) is 4. The largest absolute Gasteiger partial charge is 0.292 e. The molecule has 4 heteroatoms.